The second-order valence-corrected chi connectivity index (χ2v) is 8.61. The summed E-state index contributed by atoms with van der Waals surface area (Å²) in [5.74, 6) is -0.204. The number of carbonyl (C=O) groups is 1. The third-order valence-corrected chi connectivity index (χ3v) is 6.38. The van der Waals surface area contributed by atoms with Crippen molar-refractivity contribution < 1.29 is 23.4 Å². The maximum absolute atomic E-state index is 14.1. The summed E-state index contributed by atoms with van der Waals surface area (Å²) in [4.78, 5) is 13.6. The highest BCUT2D eigenvalue weighted by Gasteiger charge is 2.45. The molecule has 0 bridgehead atoms. The number of benzene rings is 1. The van der Waals surface area contributed by atoms with Crippen LogP contribution in [0.1, 0.15) is 42.0 Å². The molecule has 10 heteroatoms. The summed E-state index contributed by atoms with van der Waals surface area (Å²) in [7, 11) is 0. The van der Waals surface area contributed by atoms with Gasteiger partial charge < -0.3 is 15.2 Å². The minimum Gasteiger partial charge on any atom is -0.471 e. The Labute approximate surface area is 190 Å². The molecule has 2 aliphatic rings. The third-order valence-electron chi connectivity index (χ3n) is 6.38. The number of hydrogen-bond acceptors (Lipinski definition) is 6. The number of alkyl halides is 1. The van der Waals surface area contributed by atoms with Gasteiger partial charge in [-0.05, 0) is 49.4 Å². The molecule has 1 aliphatic carbocycles. The lowest BCUT2D eigenvalue weighted by atomic mass is 9.96. The molecule has 1 aromatic heterocycles. The predicted octanol–water partition coefficient (Wildman–Crippen LogP) is 3.17. The van der Waals surface area contributed by atoms with Crippen molar-refractivity contribution in [3.8, 4) is 11.9 Å². The number of halogens is 2. The van der Waals surface area contributed by atoms with E-state index in [0.717, 1.165) is 5.56 Å². The Bertz CT molecular complexity index is 1050. The number of nitrogens with one attached hydrogen (secondary N) is 1. The zero-order valence-corrected chi connectivity index (χ0v) is 18.1. The van der Waals surface area contributed by atoms with Gasteiger partial charge in [-0.15, -0.1) is 10.2 Å². The molecule has 8 nitrogen and oxygen atoms in total. The fourth-order valence-corrected chi connectivity index (χ4v) is 4.84. The summed E-state index contributed by atoms with van der Waals surface area (Å²) >= 11 is 0. The number of ether oxygens (including phenoxy) is 1. The Morgan fingerprint density at radius 1 is 1.24 bits per heavy atom. The van der Waals surface area contributed by atoms with Crippen molar-refractivity contribution in [3.05, 3.63) is 53.0 Å². The van der Waals surface area contributed by atoms with E-state index in [-0.39, 0.29) is 36.3 Å². The number of nitrogens with zero attached hydrogens (tertiary/aromatic N) is 4. The molecule has 1 saturated carbocycles. The summed E-state index contributed by atoms with van der Waals surface area (Å²) < 4.78 is 33.7. The van der Waals surface area contributed by atoms with Crippen molar-refractivity contribution in [2.24, 2.45) is 0 Å². The molecular weight excluding hydrogens is 432 g/mol. The van der Waals surface area contributed by atoms with E-state index in [1.54, 1.807) is 25.1 Å². The summed E-state index contributed by atoms with van der Waals surface area (Å²) in [6.45, 7) is 2.29. The molecule has 2 N–H and O–H groups in total. The van der Waals surface area contributed by atoms with E-state index in [1.165, 1.54) is 17.0 Å². The smallest absolute Gasteiger partial charge is 0.407 e. The molecule has 2 heterocycles. The highest BCUT2D eigenvalue weighted by Crippen LogP contribution is 2.40. The molecule has 1 aliphatic heterocycles. The number of carboxylic acid groups (broad SMARTS) is 1. The van der Waals surface area contributed by atoms with Crippen molar-refractivity contribution in [3.63, 3.8) is 0 Å². The number of hydrogen-bond donors (Lipinski definition) is 2. The Kier molecular flexibility index (Phi) is 6.70. The highest BCUT2D eigenvalue weighted by molar-refractivity contribution is 5.66. The van der Waals surface area contributed by atoms with Crippen LogP contribution in [0.25, 0.3) is 0 Å². The van der Waals surface area contributed by atoms with Gasteiger partial charge >= 0.3 is 6.09 Å². The van der Waals surface area contributed by atoms with Crippen LogP contribution in [-0.2, 0) is 0 Å². The minimum atomic E-state index is -1.14. The fraction of sp³-hybridized carbons (Fsp3) is 0.478. The maximum Gasteiger partial charge on any atom is 0.407 e. The van der Waals surface area contributed by atoms with Crippen LogP contribution in [0.2, 0.25) is 0 Å². The Balaban J connectivity index is 1.64. The van der Waals surface area contributed by atoms with Crippen molar-refractivity contribution in [2.75, 3.05) is 13.1 Å². The second kappa shape index (κ2) is 9.67. The maximum atomic E-state index is 14.1. The van der Waals surface area contributed by atoms with Crippen molar-refractivity contribution >= 4 is 6.09 Å². The van der Waals surface area contributed by atoms with Gasteiger partial charge in [-0.2, -0.15) is 5.26 Å². The summed E-state index contributed by atoms with van der Waals surface area (Å²) in [6, 6.07) is 8.51. The third kappa shape index (κ3) is 5.03. The zero-order valence-electron chi connectivity index (χ0n) is 18.1. The summed E-state index contributed by atoms with van der Waals surface area (Å²) in [5.41, 5.74) is 1.64. The van der Waals surface area contributed by atoms with E-state index in [0.29, 0.717) is 24.9 Å². The van der Waals surface area contributed by atoms with E-state index in [1.807, 2.05) is 6.07 Å². The number of aromatic nitrogens is 2. The van der Waals surface area contributed by atoms with Gasteiger partial charge in [0.15, 0.2) is 5.69 Å². The first kappa shape index (κ1) is 22.9. The van der Waals surface area contributed by atoms with Crippen LogP contribution in [0.3, 0.4) is 0 Å². The van der Waals surface area contributed by atoms with Crippen LogP contribution in [0.15, 0.2) is 30.3 Å². The Morgan fingerprint density at radius 3 is 2.64 bits per heavy atom. The van der Waals surface area contributed by atoms with E-state index in [9.17, 15) is 18.7 Å². The van der Waals surface area contributed by atoms with Gasteiger partial charge in [0.05, 0.1) is 12.1 Å². The number of rotatable bonds is 5. The Hall–Kier alpha value is -3.32. The van der Waals surface area contributed by atoms with Gasteiger partial charge in [0.1, 0.15) is 24.2 Å². The number of piperidine rings is 1. The summed E-state index contributed by atoms with van der Waals surface area (Å²) in [5, 5.41) is 29.9. The molecule has 1 aromatic carbocycles. The van der Waals surface area contributed by atoms with Crippen molar-refractivity contribution in [2.45, 2.75) is 56.5 Å². The van der Waals surface area contributed by atoms with Crippen LogP contribution >= 0.6 is 0 Å². The number of amides is 1. The first-order chi connectivity index (χ1) is 15.9. The van der Waals surface area contributed by atoms with E-state index in [2.05, 4.69) is 15.5 Å². The van der Waals surface area contributed by atoms with E-state index in [4.69, 9.17) is 10.00 Å². The molecule has 4 rings (SSSR count). The van der Waals surface area contributed by atoms with Crippen LogP contribution in [0.5, 0.6) is 5.88 Å². The summed E-state index contributed by atoms with van der Waals surface area (Å²) in [6.07, 6.45) is -1.82. The average Bonchev–Trinajstić information content (AvgIpc) is 3.18. The molecule has 0 radical (unpaired) electrons. The molecule has 1 amide bonds. The van der Waals surface area contributed by atoms with Crippen LogP contribution in [0, 0.1) is 24.1 Å². The lowest BCUT2D eigenvalue weighted by molar-refractivity contribution is 0.0351. The first-order valence-electron chi connectivity index (χ1n) is 10.9. The normalized spacial score (nSPS) is 27.0. The largest absolute Gasteiger partial charge is 0.471 e. The molecule has 0 unspecified atom stereocenters. The standard InChI is InChI=1S/C23H25F2N5O3/c1-13-6-18(10-26)28-29-22(13)33-21-8-15(14-2-4-16(24)5-3-14)7-20(21)30(23(31)32)19-9-17(25)11-27-12-19/h2-6,15,17,19-21,27H,7-9,11-12H2,1H3,(H,31,32)/t15-,17-,19-,20-,21-/m1/s1. The van der Waals surface area contributed by atoms with Crippen molar-refractivity contribution in [1.82, 2.24) is 20.4 Å². The van der Waals surface area contributed by atoms with Crippen LogP contribution in [-0.4, -0.2) is 63.7 Å². The first-order valence-corrected chi connectivity index (χ1v) is 10.9. The molecule has 5 atom stereocenters. The molecular formula is C23H25F2N5O3. The lowest BCUT2D eigenvalue weighted by Crippen LogP contribution is -2.57. The van der Waals surface area contributed by atoms with Gasteiger partial charge in [-0.3, -0.25) is 4.90 Å². The van der Waals surface area contributed by atoms with Gasteiger partial charge in [0.2, 0.25) is 5.88 Å². The zero-order chi connectivity index (χ0) is 23.5. The van der Waals surface area contributed by atoms with Gasteiger partial charge in [-0.25, -0.2) is 13.6 Å². The number of aryl methyl sites for hydroxylation is 1. The molecule has 2 aromatic rings. The molecule has 174 valence electrons. The highest BCUT2D eigenvalue weighted by atomic mass is 19.1. The lowest BCUT2D eigenvalue weighted by Gasteiger charge is -2.39. The monoisotopic (exact) mass is 457 g/mol. The van der Waals surface area contributed by atoms with E-state index >= 15 is 0 Å². The molecule has 33 heavy (non-hydrogen) atoms. The van der Waals surface area contributed by atoms with E-state index < -0.39 is 30.5 Å². The van der Waals surface area contributed by atoms with Crippen molar-refractivity contribution in [1.29, 1.82) is 5.26 Å². The SMILES string of the molecule is Cc1cc(C#N)nnc1O[C@@H]1C[C@H](c2ccc(F)cc2)C[C@H]1N(C(=O)O)[C@H]1CNC[C@H](F)C1. The minimum absolute atomic E-state index is 0.0770. The average molecular weight is 457 g/mol. The predicted molar refractivity (Wildman–Crippen MR) is 114 cm³/mol. The van der Waals surface area contributed by atoms with Crippen LogP contribution in [0.4, 0.5) is 13.6 Å². The van der Waals surface area contributed by atoms with Gasteiger partial charge in [0, 0.05) is 25.1 Å². The molecule has 1 saturated heterocycles. The second-order valence-electron chi connectivity index (χ2n) is 8.61. The molecule has 0 spiro atoms. The topological polar surface area (TPSA) is 111 Å². The molecule has 2 fully saturated rings. The fourth-order valence-electron chi connectivity index (χ4n) is 4.84. The van der Waals surface area contributed by atoms with Gasteiger partial charge in [-0.1, -0.05) is 12.1 Å². The quantitative estimate of drug-likeness (QED) is 0.709. The van der Waals surface area contributed by atoms with Crippen LogP contribution < -0.4 is 10.1 Å². The Morgan fingerprint density at radius 2 is 2.00 bits per heavy atom. The number of nitriles is 1. The van der Waals surface area contributed by atoms with Gasteiger partial charge in [0.25, 0.3) is 0 Å².